The monoisotopic (exact) mass is 272 g/mol. The average molecular weight is 273 g/mol. The topological polar surface area (TPSA) is 46.3 Å². The highest BCUT2D eigenvalue weighted by atomic mass is 35.5. The van der Waals surface area contributed by atoms with Crippen LogP contribution in [0.3, 0.4) is 0 Å². The molecular weight excluding hydrogens is 259 g/mol. The van der Waals surface area contributed by atoms with Gasteiger partial charge < -0.3 is 10.6 Å². The van der Waals surface area contributed by atoms with Crippen LogP contribution in [0.15, 0.2) is 12.1 Å². The lowest BCUT2D eigenvalue weighted by Gasteiger charge is -2.16. The predicted molar refractivity (Wildman–Crippen MR) is 70.6 cm³/mol. The number of nitrogen functional groups attached to an aromatic ring is 1. The van der Waals surface area contributed by atoms with Crippen molar-refractivity contribution in [1.29, 1.82) is 0 Å². The van der Waals surface area contributed by atoms with Crippen molar-refractivity contribution >= 4 is 34.8 Å². The highest BCUT2D eigenvalue weighted by Gasteiger charge is 2.24. The van der Waals surface area contributed by atoms with E-state index in [-0.39, 0.29) is 5.91 Å². The van der Waals surface area contributed by atoms with Crippen LogP contribution in [0, 0.1) is 5.92 Å². The molecule has 0 spiro atoms. The van der Waals surface area contributed by atoms with Gasteiger partial charge in [-0.25, -0.2) is 0 Å². The first-order chi connectivity index (χ1) is 7.99. The van der Waals surface area contributed by atoms with Gasteiger partial charge >= 0.3 is 0 Å². The summed E-state index contributed by atoms with van der Waals surface area (Å²) < 4.78 is 0. The molecular formula is C12H14Cl2N2O. The molecule has 0 radical (unpaired) electrons. The fourth-order valence-corrected chi connectivity index (χ4v) is 2.50. The molecule has 2 rings (SSSR count). The third-order valence-corrected chi connectivity index (χ3v) is 3.66. The fraction of sp³-hybridized carbons (Fsp3) is 0.417. The number of nitrogens with two attached hydrogens (primary N) is 1. The van der Waals surface area contributed by atoms with E-state index in [0.717, 1.165) is 19.5 Å². The summed E-state index contributed by atoms with van der Waals surface area (Å²) in [4.78, 5) is 14.0. The maximum absolute atomic E-state index is 12.2. The number of hydrogen-bond acceptors (Lipinski definition) is 2. The van der Waals surface area contributed by atoms with E-state index in [0.29, 0.717) is 27.2 Å². The van der Waals surface area contributed by atoms with Gasteiger partial charge in [-0.05, 0) is 24.5 Å². The SMILES string of the molecule is CC1CCN(C(=O)c2cc(Cl)c(N)c(Cl)c2)C1. The van der Waals surface area contributed by atoms with Crippen LogP contribution in [-0.2, 0) is 0 Å². The van der Waals surface area contributed by atoms with E-state index in [1.54, 1.807) is 12.1 Å². The second-order valence-corrected chi connectivity index (χ2v) is 5.31. The first kappa shape index (κ1) is 12.5. The summed E-state index contributed by atoms with van der Waals surface area (Å²) in [5.41, 5.74) is 6.46. The Morgan fingerprint density at radius 3 is 2.47 bits per heavy atom. The van der Waals surface area contributed by atoms with Crippen molar-refractivity contribution < 1.29 is 4.79 Å². The third-order valence-electron chi connectivity index (χ3n) is 3.04. The van der Waals surface area contributed by atoms with Gasteiger partial charge in [0.1, 0.15) is 0 Å². The number of anilines is 1. The average Bonchev–Trinajstić information content (AvgIpc) is 2.71. The summed E-state index contributed by atoms with van der Waals surface area (Å²) in [6, 6.07) is 3.15. The lowest BCUT2D eigenvalue weighted by atomic mass is 10.1. The smallest absolute Gasteiger partial charge is 0.253 e. The third kappa shape index (κ3) is 2.50. The summed E-state index contributed by atoms with van der Waals surface area (Å²) in [5, 5.41) is 0.654. The minimum absolute atomic E-state index is 0.0295. The summed E-state index contributed by atoms with van der Waals surface area (Å²) in [7, 11) is 0. The van der Waals surface area contributed by atoms with Crippen molar-refractivity contribution in [3.63, 3.8) is 0 Å². The maximum Gasteiger partial charge on any atom is 0.253 e. The van der Waals surface area contributed by atoms with E-state index < -0.39 is 0 Å². The van der Waals surface area contributed by atoms with Crippen molar-refractivity contribution in [1.82, 2.24) is 4.90 Å². The molecule has 0 aromatic heterocycles. The van der Waals surface area contributed by atoms with Gasteiger partial charge in [0.25, 0.3) is 5.91 Å². The normalized spacial score (nSPS) is 19.7. The number of rotatable bonds is 1. The molecule has 0 saturated carbocycles. The fourth-order valence-electron chi connectivity index (χ4n) is 2.01. The van der Waals surface area contributed by atoms with E-state index in [4.69, 9.17) is 28.9 Å². The van der Waals surface area contributed by atoms with E-state index in [1.165, 1.54) is 0 Å². The Balaban J connectivity index is 2.25. The number of carbonyl (C=O) groups is 1. The first-order valence-electron chi connectivity index (χ1n) is 5.53. The van der Waals surface area contributed by atoms with E-state index in [9.17, 15) is 4.79 Å². The molecule has 17 heavy (non-hydrogen) atoms. The van der Waals surface area contributed by atoms with E-state index in [1.807, 2.05) is 4.90 Å². The Morgan fingerprint density at radius 1 is 1.41 bits per heavy atom. The number of amides is 1. The molecule has 1 aliphatic rings. The molecule has 1 amide bonds. The molecule has 2 N–H and O–H groups in total. The zero-order valence-electron chi connectivity index (χ0n) is 9.54. The van der Waals surface area contributed by atoms with Gasteiger partial charge in [0.05, 0.1) is 15.7 Å². The molecule has 1 aliphatic heterocycles. The van der Waals surface area contributed by atoms with Gasteiger partial charge in [0.2, 0.25) is 0 Å². The van der Waals surface area contributed by atoms with Gasteiger partial charge in [-0.1, -0.05) is 30.1 Å². The van der Waals surface area contributed by atoms with Crippen molar-refractivity contribution in [2.75, 3.05) is 18.8 Å². The second-order valence-electron chi connectivity index (χ2n) is 4.50. The van der Waals surface area contributed by atoms with Crippen LogP contribution in [0.25, 0.3) is 0 Å². The molecule has 1 fully saturated rings. The Labute approximate surface area is 110 Å². The van der Waals surface area contributed by atoms with Crippen LogP contribution >= 0.6 is 23.2 Å². The molecule has 1 atom stereocenters. The van der Waals surface area contributed by atoms with E-state index >= 15 is 0 Å². The summed E-state index contributed by atoms with van der Waals surface area (Å²) in [6.45, 7) is 3.72. The van der Waals surface area contributed by atoms with Gasteiger partial charge in [0.15, 0.2) is 0 Å². The van der Waals surface area contributed by atoms with Gasteiger partial charge in [-0.2, -0.15) is 0 Å². The number of halogens is 2. The highest BCUT2D eigenvalue weighted by molar-refractivity contribution is 6.39. The van der Waals surface area contributed by atoms with Crippen LogP contribution in [0.1, 0.15) is 23.7 Å². The zero-order chi connectivity index (χ0) is 12.6. The minimum atomic E-state index is -0.0295. The van der Waals surface area contributed by atoms with Gasteiger partial charge in [0, 0.05) is 18.7 Å². The van der Waals surface area contributed by atoms with Crippen molar-refractivity contribution in [3.05, 3.63) is 27.7 Å². The number of carbonyl (C=O) groups excluding carboxylic acids is 1. The Morgan fingerprint density at radius 2 is 2.00 bits per heavy atom. The maximum atomic E-state index is 12.2. The van der Waals surface area contributed by atoms with Crippen LogP contribution in [0.2, 0.25) is 10.0 Å². The lowest BCUT2D eigenvalue weighted by Crippen LogP contribution is -2.28. The van der Waals surface area contributed by atoms with Crippen molar-refractivity contribution in [3.8, 4) is 0 Å². The van der Waals surface area contributed by atoms with Crippen LogP contribution in [0.4, 0.5) is 5.69 Å². The largest absolute Gasteiger partial charge is 0.396 e. The molecule has 1 saturated heterocycles. The van der Waals surface area contributed by atoms with Crippen molar-refractivity contribution in [2.24, 2.45) is 5.92 Å². The molecule has 92 valence electrons. The summed E-state index contributed by atoms with van der Waals surface area (Å²) in [5.74, 6) is 0.525. The molecule has 1 aromatic rings. The Bertz CT molecular complexity index is 439. The zero-order valence-corrected chi connectivity index (χ0v) is 11.1. The number of nitrogens with zero attached hydrogens (tertiary/aromatic N) is 1. The Hall–Kier alpha value is -0.930. The number of hydrogen-bond donors (Lipinski definition) is 1. The lowest BCUT2D eigenvalue weighted by molar-refractivity contribution is 0.0788. The quantitative estimate of drug-likeness (QED) is 0.799. The van der Waals surface area contributed by atoms with Crippen LogP contribution < -0.4 is 5.73 Å². The van der Waals surface area contributed by atoms with E-state index in [2.05, 4.69) is 6.92 Å². The summed E-state index contributed by atoms with van der Waals surface area (Å²) >= 11 is 11.8. The molecule has 0 aliphatic carbocycles. The van der Waals surface area contributed by atoms with Crippen molar-refractivity contribution in [2.45, 2.75) is 13.3 Å². The molecule has 0 bridgehead atoms. The molecule has 1 aromatic carbocycles. The number of benzene rings is 1. The standard InChI is InChI=1S/C12H14Cl2N2O/c1-7-2-3-16(6-7)12(17)8-4-9(13)11(15)10(14)5-8/h4-5,7H,2-3,6,15H2,1H3. The highest BCUT2D eigenvalue weighted by Crippen LogP contribution is 2.30. The van der Waals surface area contributed by atoms with Gasteiger partial charge in [-0.3, -0.25) is 4.79 Å². The number of likely N-dealkylation sites (tertiary alicyclic amines) is 1. The van der Waals surface area contributed by atoms with Gasteiger partial charge in [-0.15, -0.1) is 0 Å². The van der Waals surface area contributed by atoms with Crippen LogP contribution in [0.5, 0.6) is 0 Å². The minimum Gasteiger partial charge on any atom is -0.396 e. The molecule has 3 nitrogen and oxygen atoms in total. The Kier molecular flexibility index (Phi) is 3.50. The molecule has 5 heteroatoms. The first-order valence-corrected chi connectivity index (χ1v) is 6.28. The molecule has 1 unspecified atom stereocenters. The summed E-state index contributed by atoms with van der Waals surface area (Å²) in [6.07, 6.45) is 1.04. The van der Waals surface area contributed by atoms with Crippen LogP contribution in [-0.4, -0.2) is 23.9 Å². The second kappa shape index (κ2) is 4.75. The predicted octanol–water partition coefficient (Wildman–Crippen LogP) is 3.06. The molecule has 1 heterocycles.